The summed E-state index contributed by atoms with van der Waals surface area (Å²) < 4.78 is 16.4. The second-order valence-corrected chi connectivity index (χ2v) is 6.07. The van der Waals surface area contributed by atoms with E-state index in [4.69, 9.17) is 32.2 Å². The molecule has 1 saturated heterocycles. The Morgan fingerprint density at radius 3 is 2.55 bits per heavy atom. The molecule has 0 amide bonds. The van der Waals surface area contributed by atoms with E-state index < -0.39 is 17.3 Å². The van der Waals surface area contributed by atoms with Gasteiger partial charge in [0.1, 0.15) is 6.61 Å². The van der Waals surface area contributed by atoms with Gasteiger partial charge in [0.05, 0.1) is 13.2 Å². The molecule has 1 aromatic rings. The Hall–Kier alpha value is -1.34. The molecule has 0 aromatic heterocycles. The van der Waals surface area contributed by atoms with Crippen LogP contribution in [0.1, 0.15) is 19.4 Å². The van der Waals surface area contributed by atoms with Crippen molar-refractivity contribution in [1.82, 2.24) is 0 Å². The van der Waals surface area contributed by atoms with Gasteiger partial charge in [0.15, 0.2) is 11.3 Å². The number of rotatable bonds is 5. The fraction of sp³-hybridized carbons (Fsp3) is 0.500. The van der Waals surface area contributed by atoms with E-state index in [1.54, 1.807) is 0 Å². The molecule has 1 aromatic carbocycles. The summed E-state index contributed by atoms with van der Waals surface area (Å²) in [5, 5.41) is 1.25. The summed E-state index contributed by atoms with van der Waals surface area (Å²) in [7, 11) is 0. The molecule has 1 aliphatic heterocycles. The van der Waals surface area contributed by atoms with Crippen LogP contribution in [0.3, 0.4) is 0 Å². The maximum Gasteiger partial charge on any atom is 0.331 e. The van der Waals surface area contributed by atoms with E-state index in [0.717, 1.165) is 5.56 Å². The zero-order valence-electron chi connectivity index (χ0n) is 12.8. The van der Waals surface area contributed by atoms with Gasteiger partial charge in [-0.2, -0.15) is 0 Å². The molecule has 1 aliphatic rings. The Balaban J connectivity index is 1.99. The zero-order chi connectivity index (χ0) is 16.2. The van der Waals surface area contributed by atoms with Gasteiger partial charge in [-0.25, -0.2) is 4.79 Å². The standard InChI is InChI=1S/C16H21NO4S/c1-15(2)20-9-13(10-21-15)16(17,11-22)14(18)19-8-12-6-4-3-5-7-12/h3-7,11,13H,8-10,17H2,1-2H3. The van der Waals surface area contributed by atoms with Gasteiger partial charge in [0.2, 0.25) is 0 Å². The van der Waals surface area contributed by atoms with Crippen LogP contribution in [0.4, 0.5) is 0 Å². The third kappa shape index (κ3) is 3.89. The van der Waals surface area contributed by atoms with E-state index in [9.17, 15) is 4.79 Å². The van der Waals surface area contributed by atoms with Gasteiger partial charge in [-0.05, 0) is 19.4 Å². The molecule has 0 radical (unpaired) electrons. The Labute approximate surface area is 135 Å². The molecule has 5 nitrogen and oxygen atoms in total. The highest BCUT2D eigenvalue weighted by atomic mass is 32.1. The van der Waals surface area contributed by atoms with Crippen molar-refractivity contribution in [2.45, 2.75) is 31.8 Å². The third-order valence-electron chi connectivity index (χ3n) is 3.70. The topological polar surface area (TPSA) is 70.8 Å². The molecule has 0 aliphatic carbocycles. The Morgan fingerprint density at radius 2 is 2.00 bits per heavy atom. The minimum absolute atomic E-state index is 0.154. The highest BCUT2D eigenvalue weighted by Gasteiger charge is 2.45. The van der Waals surface area contributed by atoms with Crippen molar-refractivity contribution in [3.8, 4) is 0 Å². The van der Waals surface area contributed by atoms with Gasteiger partial charge in [0.25, 0.3) is 0 Å². The van der Waals surface area contributed by atoms with Gasteiger partial charge in [-0.3, -0.25) is 0 Å². The predicted molar refractivity (Wildman–Crippen MR) is 86.3 cm³/mol. The van der Waals surface area contributed by atoms with Crippen LogP contribution >= 0.6 is 12.2 Å². The SMILES string of the molecule is CC1(C)OCC(C(N)(C=S)C(=O)OCc2ccccc2)CO1. The van der Waals surface area contributed by atoms with Crippen LogP contribution in [-0.2, 0) is 25.6 Å². The molecule has 1 atom stereocenters. The van der Waals surface area contributed by atoms with E-state index in [1.165, 1.54) is 5.37 Å². The van der Waals surface area contributed by atoms with Crippen LogP contribution in [-0.4, -0.2) is 35.9 Å². The molecule has 1 fully saturated rings. The first-order chi connectivity index (χ1) is 10.4. The average Bonchev–Trinajstić information content (AvgIpc) is 2.52. The molecule has 0 saturated carbocycles. The molecule has 22 heavy (non-hydrogen) atoms. The van der Waals surface area contributed by atoms with E-state index >= 15 is 0 Å². The molecular weight excluding hydrogens is 302 g/mol. The predicted octanol–water partition coefficient (Wildman–Crippen LogP) is 1.83. The smallest absolute Gasteiger partial charge is 0.331 e. The lowest BCUT2D eigenvalue weighted by Crippen LogP contribution is -2.61. The number of benzene rings is 1. The van der Waals surface area contributed by atoms with Crippen LogP contribution in [0, 0.1) is 5.92 Å². The van der Waals surface area contributed by atoms with Crippen LogP contribution in [0.25, 0.3) is 0 Å². The lowest BCUT2D eigenvalue weighted by atomic mass is 9.87. The van der Waals surface area contributed by atoms with Crippen molar-refractivity contribution in [2.24, 2.45) is 11.7 Å². The summed E-state index contributed by atoms with van der Waals surface area (Å²) >= 11 is 4.97. The highest BCUT2D eigenvalue weighted by Crippen LogP contribution is 2.27. The lowest BCUT2D eigenvalue weighted by Gasteiger charge is -2.40. The molecule has 2 N–H and O–H groups in total. The Kier molecular flexibility index (Phi) is 5.28. The first kappa shape index (κ1) is 17.0. The Morgan fingerprint density at radius 1 is 1.41 bits per heavy atom. The third-order valence-corrected chi connectivity index (χ3v) is 4.09. The van der Waals surface area contributed by atoms with Crippen molar-refractivity contribution < 1.29 is 19.0 Å². The molecule has 1 heterocycles. The molecule has 1 unspecified atom stereocenters. The van der Waals surface area contributed by atoms with Crippen molar-refractivity contribution in [3.05, 3.63) is 35.9 Å². The summed E-state index contributed by atoms with van der Waals surface area (Å²) in [5.74, 6) is -1.61. The number of nitrogens with two attached hydrogens (primary N) is 1. The Bertz CT molecular complexity index is 524. The van der Waals surface area contributed by atoms with Crippen LogP contribution in [0.15, 0.2) is 30.3 Å². The molecule has 0 bridgehead atoms. The van der Waals surface area contributed by atoms with Crippen LogP contribution in [0.5, 0.6) is 0 Å². The maximum absolute atomic E-state index is 12.4. The number of hydrogen-bond acceptors (Lipinski definition) is 6. The van der Waals surface area contributed by atoms with Gasteiger partial charge < -0.3 is 19.9 Å². The lowest BCUT2D eigenvalue weighted by molar-refractivity contribution is -0.266. The van der Waals surface area contributed by atoms with Crippen molar-refractivity contribution in [1.29, 1.82) is 0 Å². The second-order valence-electron chi connectivity index (χ2n) is 5.83. The number of hydrogen-bond donors (Lipinski definition) is 1. The largest absolute Gasteiger partial charge is 0.459 e. The molecule has 0 spiro atoms. The van der Waals surface area contributed by atoms with E-state index in [2.05, 4.69) is 0 Å². The minimum atomic E-state index is -1.40. The van der Waals surface area contributed by atoms with Crippen LogP contribution < -0.4 is 5.73 Å². The highest BCUT2D eigenvalue weighted by molar-refractivity contribution is 7.79. The van der Waals surface area contributed by atoms with Crippen molar-refractivity contribution in [3.63, 3.8) is 0 Å². The van der Waals surface area contributed by atoms with Crippen molar-refractivity contribution >= 4 is 23.6 Å². The number of thiocarbonyl (C=S) groups is 1. The molecule has 2 rings (SSSR count). The summed E-state index contributed by atoms with van der Waals surface area (Å²) in [5.41, 5.74) is 5.66. The number of carbonyl (C=O) groups is 1. The van der Waals surface area contributed by atoms with E-state index in [0.29, 0.717) is 0 Å². The number of ether oxygens (including phenoxy) is 3. The summed E-state index contributed by atoms with van der Waals surface area (Å²) in [6, 6.07) is 9.40. The van der Waals surface area contributed by atoms with Gasteiger partial charge in [-0.1, -0.05) is 42.5 Å². The van der Waals surface area contributed by atoms with Crippen LogP contribution in [0.2, 0.25) is 0 Å². The minimum Gasteiger partial charge on any atom is -0.459 e. The van der Waals surface area contributed by atoms with Crippen molar-refractivity contribution in [2.75, 3.05) is 13.2 Å². The molecule has 120 valence electrons. The van der Waals surface area contributed by atoms with Gasteiger partial charge in [-0.15, -0.1) is 0 Å². The first-order valence-corrected chi connectivity index (χ1v) is 7.59. The monoisotopic (exact) mass is 323 g/mol. The maximum atomic E-state index is 12.4. The number of carbonyl (C=O) groups excluding carboxylic acids is 1. The zero-order valence-corrected chi connectivity index (χ0v) is 13.6. The summed E-state index contributed by atoms with van der Waals surface area (Å²) in [6.07, 6.45) is 0. The van der Waals surface area contributed by atoms with E-state index in [1.807, 2.05) is 44.2 Å². The quantitative estimate of drug-likeness (QED) is 0.658. The molecule has 6 heteroatoms. The first-order valence-electron chi connectivity index (χ1n) is 7.11. The fourth-order valence-corrected chi connectivity index (χ4v) is 2.42. The fourth-order valence-electron chi connectivity index (χ4n) is 2.13. The summed E-state index contributed by atoms with van der Waals surface area (Å²) in [4.78, 5) is 12.4. The van der Waals surface area contributed by atoms with E-state index in [-0.39, 0.29) is 25.7 Å². The molecular formula is C16H21NO4S. The summed E-state index contributed by atoms with van der Waals surface area (Å²) in [6.45, 7) is 4.36. The van der Waals surface area contributed by atoms with Gasteiger partial charge in [0, 0.05) is 11.3 Å². The van der Waals surface area contributed by atoms with Gasteiger partial charge >= 0.3 is 5.97 Å². The normalized spacial score (nSPS) is 20.9. The second kappa shape index (κ2) is 6.83. The number of esters is 1. The average molecular weight is 323 g/mol.